The smallest absolute Gasteiger partial charge is 0.188 e. The van der Waals surface area contributed by atoms with Gasteiger partial charge in [0.1, 0.15) is 12.4 Å². The number of benzene rings is 1. The second-order valence-electron chi connectivity index (χ2n) is 4.51. The number of para-hydroxylation sites is 1. The van der Waals surface area contributed by atoms with Gasteiger partial charge in [-0.25, -0.2) is 9.97 Å². The van der Waals surface area contributed by atoms with Crippen molar-refractivity contribution in [1.82, 2.24) is 9.97 Å². The molecule has 0 amide bonds. The first-order valence-electron chi connectivity index (χ1n) is 6.17. The van der Waals surface area contributed by atoms with E-state index in [1.54, 1.807) is 18.0 Å². The fraction of sp³-hybridized carbons (Fsp3) is 0.286. The highest BCUT2D eigenvalue weighted by Gasteiger charge is 2.29. The summed E-state index contributed by atoms with van der Waals surface area (Å²) < 4.78 is 5.75. The minimum atomic E-state index is -0.0564. The van der Waals surface area contributed by atoms with Gasteiger partial charge >= 0.3 is 0 Å². The Morgan fingerprint density at radius 3 is 3.00 bits per heavy atom. The summed E-state index contributed by atoms with van der Waals surface area (Å²) in [5.74, 6) is 0.886. The molecule has 3 rings (SSSR count). The highest BCUT2D eigenvalue weighted by atomic mass is 32.2. The molecule has 19 heavy (non-hydrogen) atoms. The maximum Gasteiger partial charge on any atom is 0.188 e. The Balaban J connectivity index is 1.81. The van der Waals surface area contributed by atoms with Gasteiger partial charge in [0.25, 0.3) is 0 Å². The zero-order valence-corrected chi connectivity index (χ0v) is 11.4. The van der Waals surface area contributed by atoms with Gasteiger partial charge < -0.3 is 10.5 Å². The molecule has 0 aliphatic carbocycles. The number of rotatable bonds is 2. The number of ether oxygens (including phenoxy) is 1. The molecule has 0 radical (unpaired) electrons. The topological polar surface area (TPSA) is 61.0 Å². The Morgan fingerprint density at radius 1 is 1.32 bits per heavy atom. The summed E-state index contributed by atoms with van der Waals surface area (Å²) in [7, 11) is 0. The second-order valence-corrected chi connectivity index (χ2v) is 5.72. The Kier molecular flexibility index (Phi) is 3.40. The summed E-state index contributed by atoms with van der Waals surface area (Å²) in [5.41, 5.74) is 8.34. The summed E-state index contributed by atoms with van der Waals surface area (Å²) in [5, 5.41) is 0.889. The third-order valence-electron chi connectivity index (χ3n) is 3.11. The van der Waals surface area contributed by atoms with Gasteiger partial charge in [0.2, 0.25) is 0 Å². The predicted octanol–water partition coefficient (Wildman–Crippen LogP) is 2.34. The number of thioether (sulfide) groups is 1. The molecule has 1 aliphatic rings. The molecule has 2 unspecified atom stereocenters. The lowest BCUT2D eigenvalue weighted by molar-refractivity contribution is 0.276. The third-order valence-corrected chi connectivity index (χ3v) is 4.25. The lowest BCUT2D eigenvalue weighted by atomic mass is 10.0. The van der Waals surface area contributed by atoms with Crippen molar-refractivity contribution in [3.8, 4) is 5.75 Å². The molecule has 0 spiro atoms. The predicted molar refractivity (Wildman–Crippen MR) is 75.3 cm³/mol. The zero-order valence-electron chi connectivity index (χ0n) is 10.6. The normalized spacial score (nSPS) is 21.6. The van der Waals surface area contributed by atoms with Crippen LogP contribution in [-0.4, -0.2) is 21.8 Å². The first kappa shape index (κ1) is 12.4. The molecule has 1 aromatic carbocycles. The molecule has 98 valence electrons. The fourth-order valence-corrected chi connectivity index (χ4v) is 3.11. The molecule has 1 aromatic heterocycles. The van der Waals surface area contributed by atoms with Crippen molar-refractivity contribution in [2.45, 2.75) is 23.4 Å². The van der Waals surface area contributed by atoms with Crippen LogP contribution < -0.4 is 10.5 Å². The summed E-state index contributed by atoms with van der Waals surface area (Å²) in [6.07, 6.45) is 1.77. The molecule has 4 nitrogen and oxygen atoms in total. The SMILES string of the molecule is Cc1ccnc(SC2COc3ccccc3C2N)n1. The van der Waals surface area contributed by atoms with Crippen LogP contribution in [0.2, 0.25) is 0 Å². The number of nitrogens with two attached hydrogens (primary N) is 1. The van der Waals surface area contributed by atoms with Crippen molar-refractivity contribution in [2.24, 2.45) is 5.73 Å². The molecule has 1 aliphatic heterocycles. The van der Waals surface area contributed by atoms with Crippen LogP contribution in [0.15, 0.2) is 41.7 Å². The quantitative estimate of drug-likeness (QED) is 0.851. The number of nitrogens with zero attached hydrogens (tertiary/aromatic N) is 2. The van der Waals surface area contributed by atoms with Crippen molar-refractivity contribution in [3.05, 3.63) is 47.8 Å². The molecule has 0 bridgehead atoms. The molecule has 2 atom stereocenters. The van der Waals surface area contributed by atoms with Gasteiger partial charge in [-0.05, 0) is 19.1 Å². The lowest BCUT2D eigenvalue weighted by Gasteiger charge is -2.30. The standard InChI is InChI=1S/C14H15N3OS/c1-9-6-7-16-14(17-9)19-12-8-18-11-5-3-2-4-10(11)13(12)15/h2-7,12-13H,8,15H2,1H3. The van der Waals surface area contributed by atoms with Gasteiger partial charge in [-0.1, -0.05) is 30.0 Å². The maximum absolute atomic E-state index is 6.32. The van der Waals surface area contributed by atoms with Crippen LogP contribution in [0.5, 0.6) is 5.75 Å². The fourth-order valence-electron chi connectivity index (χ4n) is 2.09. The highest BCUT2D eigenvalue weighted by molar-refractivity contribution is 7.99. The van der Waals surface area contributed by atoms with E-state index in [-0.39, 0.29) is 11.3 Å². The molecule has 0 saturated heterocycles. The summed E-state index contributed by atoms with van der Waals surface area (Å²) in [6, 6.07) is 9.75. The maximum atomic E-state index is 6.32. The van der Waals surface area contributed by atoms with Crippen LogP contribution in [0.4, 0.5) is 0 Å². The van der Waals surface area contributed by atoms with Crippen LogP contribution in [0, 0.1) is 6.92 Å². The van der Waals surface area contributed by atoms with Crippen molar-refractivity contribution in [1.29, 1.82) is 0 Å². The number of fused-ring (bicyclic) bond motifs is 1. The van der Waals surface area contributed by atoms with E-state index in [9.17, 15) is 0 Å². The molecule has 2 aromatic rings. The number of aromatic nitrogens is 2. The average Bonchev–Trinajstić information content (AvgIpc) is 2.42. The number of aryl methyl sites for hydroxylation is 1. The minimum Gasteiger partial charge on any atom is -0.492 e. The lowest BCUT2D eigenvalue weighted by Crippen LogP contribution is -2.33. The molecule has 0 saturated carbocycles. The first-order valence-corrected chi connectivity index (χ1v) is 7.05. The van der Waals surface area contributed by atoms with Gasteiger partial charge in [-0.3, -0.25) is 0 Å². The van der Waals surface area contributed by atoms with Crippen molar-refractivity contribution >= 4 is 11.8 Å². The highest BCUT2D eigenvalue weighted by Crippen LogP contribution is 2.37. The Labute approximate surface area is 116 Å². The third kappa shape index (κ3) is 2.57. The Bertz CT molecular complexity index is 590. The number of hydrogen-bond acceptors (Lipinski definition) is 5. The molecule has 0 fully saturated rings. The van der Waals surface area contributed by atoms with Gasteiger partial charge in [0.15, 0.2) is 5.16 Å². The van der Waals surface area contributed by atoms with E-state index in [4.69, 9.17) is 10.5 Å². The molecular weight excluding hydrogens is 258 g/mol. The van der Waals surface area contributed by atoms with E-state index >= 15 is 0 Å². The van der Waals surface area contributed by atoms with E-state index in [2.05, 4.69) is 9.97 Å². The summed E-state index contributed by atoms with van der Waals surface area (Å²) in [6.45, 7) is 2.54. The van der Waals surface area contributed by atoms with E-state index in [1.807, 2.05) is 37.3 Å². The second kappa shape index (κ2) is 5.19. The van der Waals surface area contributed by atoms with Crippen molar-refractivity contribution in [2.75, 3.05) is 6.61 Å². The minimum absolute atomic E-state index is 0.0564. The van der Waals surface area contributed by atoms with Crippen molar-refractivity contribution in [3.63, 3.8) is 0 Å². The van der Waals surface area contributed by atoms with Crippen LogP contribution in [0.25, 0.3) is 0 Å². The van der Waals surface area contributed by atoms with Gasteiger partial charge in [0.05, 0.1) is 5.25 Å². The van der Waals surface area contributed by atoms with Crippen LogP contribution in [0.3, 0.4) is 0 Å². The zero-order chi connectivity index (χ0) is 13.2. The first-order chi connectivity index (χ1) is 9.24. The monoisotopic (exact) mass is 273 g/mol. The molecule has 2 N–H and O–H groups in total. The molecular formula is C14H15N3OS. The molecule has 2 heterocycles. The van der Waals surface area contributed by atoms with Crippen LogP contribution >= 0.6 is 11.8 Å². The van der Waals surface area contributed by atoms with E-state index in [0.29, 0.717) is 6.61 Å². The summed E-state index contributed by atoms with van der Waals surface area (Å²) in [4.78, 5) is 8.66. The van der Waals surface area contributed by atoms with Gasteiger partial charge in [-0.15, -0.1) is 0 Å². The van der Waals surface area contributed by atoms with Crippen LogP contribution in [-0.2, 0) is 0 Å². The van der Waals surface area contributed by atoms with Gasteiger partial charge in [0, 0.05) is 23.5 Å². The van der Waals surface area contributed by atoms with Crippen molar-refractivity contribution < 1.29 is 4.74 Å². The number of hydrogen-bond donors (Lipinski definition) is 1. The average molecular weight is 273 g/mol. The summed E-state index contributed by atoms with van der Waals surface area (Å²) >= 11 is 1.58. The van der Waals surface area contributed by atoms with E-state index in [0.717, 1.165) is 22.2 Å². The van der Waals surface area contributed by atoms with Gasteiger partial charge in [-0.2, -0.15) is 0 Å². The largest absolute Gasteiger partial charge is 0.492 e. The Hall–Kier alpha value is -1.59. The molecule has 5 heteroatoms. The van der Waals surface area contributed by atoms with E-state index in [1.165, 1.54) is 0 Å². The van der Waals surface area contributed by atoms with Crippen LogP contribution in [0.1, 0.15) is 17.3 Å². The van der Waals surface area contributed by atoms with E-state index < -0.39 is 0 Å². The Morgan fingerprint density at radius 2 is 2.16 bits per heavy atom.